The molecule has 0 amide bonds. The van der Waals surface area contributed by atoms with Crippen LogP contribution in [0.15, 0.2) is 55.1 Å². The molecule has 17 heavy (non-hydrogen) atoms. The average Bonchev–Trinajstić information content (AvgIpc) is 2.93. The summed E-state index contributed by atoms with van der Waals surface area (Å²) in [4.78, 5) is 0. The van der Waals surface area contributed by atoms with Gasteiger partial charge in [0.25, 0.3) is 0 Å². The SMILES string of the molecule is C=CCOC1(c2ccccc2)[C@H]2C=C[C@H]1CC2. The Balaban J connectivity index is 2.01. The summed E-state index contributed by atoms with van der Waals surface area (Å²) in [5.41, 5.74) is 1.20. The molecule has 2 atom stereocenters. The van der Waals surface area contributed by atoms with Gasteiger partial charge in [-0.05, 0) is 18.4 Å². The predicted octanol–water partition coefficient (Wildman–Crippen LogP) is 3.68. The van der Waals surface area contributed by atoms with Crippen molar-refractivity contribution < 1.29 is 4.74 Å². The molecule has 1 heteroatoms. The molecule has 0 aliphatic heterocycles. The van der Waals surface area contributed by atoms with Gasteiger partial charge in [-0.25, -0.2) is 0 Å². The zero-order chi connectivity index (χ0) is 11.7. The lowest BCUT2D eigenvalue weighted by Crippen LogP contribution is -2.35. The van der Waals surface area contributed by atoms with Gasteiger partial charge < -0.3 is 4.74 Å². The molecule has 0 unspecified atom stereocenters. The lowest BCUT2D eigenvalue weighted by Gasteiger charge is -2.35. The molecule has 0 saturated heterocycles. The molecule has 1 aromatic rings. The first kappa shape index (κ1) is 10.8. The summed E-state index contributed by atoms with van der Waals surface area (Å²) in [5.74, 6) is 1.07. The fourth-order valence-electron chi connectivity index (χ4n) is 3.43. The van der Waals surface area contributed by atoms with E-state index < -0.39 is 0 Å². The van der Waals surface area contributed by atoms with Gasteiger partial charge in [-0.2, -0.15) is 0 Å². The molecule has 1 saturated carbocycles. The predicted molar refractivity (Wildman–Crippen MR) is 69.6 cm³/mol. The second kappa shape index (κ2) is 4.15. The van der Waals surface area contributed by atoms with Crippen molar-refractivity contribution in [2.24, 2.45) is 11.8 Å². The van der Waals surface area contributed by atoms with Crippen molar-refractivity contribution in [3.8, 4) is 0 Å². The Morgan fingerprint density at radius 3 is 2.35 bits per heavy atom. The van der Waals surface area contributed by atoms with Gasteiger partial charge >= 0.3 is 0 Å². The number of hydrogen-bond acceptors (Lipinski definition) is 1. The smallest absolute Gasteiger partial charge is 0.106 e. The highest BCUT2D eigenvalue weighted by Gasteiger charge is 2.53. The van der Waals surface area contributed by atoms with E-state index >= 15 is 0 Å². The maximum atomic E-state index is 6.23. The average molecular weight is 226 g/mol. The summed E-state index contributed by atoms with van der Waals surface area (Å²) in [6.45, 7) is 4.40. The Morgan fingerprint density at radius 1 is 1.18 bits per heavy atom. The largest absolute Gasteiger partial charge is 0.365 e. The van der Waals surface area contributed by atoms with Crippen molar-refractivity contribution in [2.75, 3.05) is 6.61 Å². The summed E-state index contributed by atoms with van der Waals surface area (Å²) in [6, 6.07) is 10.7. The van der Waals surface area contributed by atoms with Crippen LogP contribution in [-0.2, 0) is 10.3 Å². The van der Waals surface area contributed by atoms with E-state index in [0.29, 0.717) is 18.4 Å². The summed E-state index contributed by atoms with van der Waals surface area (Å²) in [5, 5.41) is 0. The van der Waals surface area contributed by atoms with E-state index in [9.17, 15) is 0 Å². The highest BCUT2D eigenvalue weighted by atomic mass is 16.5. The number of fused-ring (bicyclic) bond motifs is 2. The van der Waals surface area contributed by atoms with Crippen LogP contribution in [0.5, 0.6) is 0 Å². The lowest BCUT2D eigenvalue weighted by molar-refractivity contribution is -0.0664. The van der Waals surface area contributed by atoms with Gasteiger partial charge in [0.05, 0.1) is 6.61 Å². The van der Waals surface area contributed by atoms with Gasteiger partial charge in [0.1, 0.15) is 5.60 Å². The van der Waals surface area contributed by atoms with E-state index in [1.54, 1.807) is 0 Å². The van der Waals surface area contributed by atoms with Crippen LogP contribution < -0.4 is 0 Å². The fraction of sp³-hybridized carbons (Fsp3) is 0.375. The first-order valence-electron chi connectivity index (χ1n) is 6.36. The van der Waals surface area contributed by atoms with Crippen molar-refractivity contribution in [2.45, 2.75) is 18.4 Å². The molecule has 0 spiro atoms. The Kier molecular flexibility index (Phi) is 2.64. The Bertz CT molecular complexity index is 418. The van der Waals surface area contributed by atoms with Crippen molar-refractivity contribution >= 4 is 0 Å². The molecule has 3 rings (SSSR count). The van der Waals surface area contributed by atoms with Crippen molar-refractivity contribution in [1.82, 2.24) is 0 Å². The standard InChI is InChI=1S/C16H18O/c1-2-12-17-16(13-6-4-3-5-7-13)14-8-9-15(16)11-10-14/h2-9,14-15H,1,10-12H2/t14-,15-/m0/s1. The molecule has 0 radical (unpaired) electrons. The number of rotatable bonds is 4. The Morgan fingerprint density at radius 2 is 1.82 bits per heavy atom. The van der Waals surface area contributed by atoms with Crippen LogP contribution in [0.25, 0.3) is 0 Å². The third-order valence-corrected chi connectivity index (χ3v) is 4.13. The minimum Gasteiger partial charge on any atom is -0.365 e. The minimum absolute atomic E-state index is 0.116. The number of hydrogen-bond donors (Lipinski definition) is 0. The molecular formula is C16H18O. The second-order valence-corrected chi connectivity index (χ2v) is 4.93. The van der Waals surface area contributed by atoms with E-state index in [4.69, 9.17) is 4.74 Å². The van der Waals surface area contributed by atoms with Gasteiger partial charge in [0, 0.05) is 11.8 Å². The zero-order valence-corrected chi connectivity index (χ0v) is 10.0. The number of ether oxygens (including phenoxy) is 1. The summed E-state index contributed by atoms with van der Waals surface area (Å²) < 4.78 is 6.23. The van der Waals surface area contributed by atoms with Gasteiger partial charge in [-0.3, -0.25) is 0 Å². The van der Waals surface area contributed by atoms with E-state index in [2.05, 4.69) is 49.1 Å². The fourth-order valence-corrected chi connectivity index (χ4v) is 3.43. The normalized spacial score (nSPS) is 34.1. The Hall–Kier alpha value is -1.34. The first-order valence-corrected chi connectivity index (χ1v) is 6.36. The molecule has 1 aromatic carbocycles. The van der Waals surface area contributed by atoms with Crippen molar-refractivity contribution in [1.29, 1.82) is 0 Å². The van der Waals surface area contributed by atoms with E-state index in [0.717, 1.165) is 0 Å². The molecule has 88 valence electrons. The van der Waals surface area contributed by atoms with Crippen LogP contribution in [0, 0.1) is 11.8 Å². The highest BCUT2D eigenvalue weighted by molar-refractivity contribution is 5.34. The molecule has 2 aliphatic carbocycles. The monoisotopic (exact) mass is 226 g/mol. The summed E-state index contributed by atoms with van der Waals surface area (Å²) in [6.07, 6.45) is 9.01. The molecule has 1 nitrogen and oxygen atoms in total. The molecule has 0 aromatic heterocycles. The minimum atomic E-state index is -0.116. The van der Waals surface area contributed by atoms with Crippen LogP contribution in [-0.4, -0.2) is 6.61 Å². The second-order valence-electron chi connectivity index (χ2n) is 4.93. The van der Waals surface area contributed by atoms with Crippen LogP contribution in [0.3, 0.4) is 0 Å². The quantitative estimate of drug-likeness (QED) is 0.712. The van der Waals surface area contributed by atoms with Crippen LogP contribution in [0.4, 0.5) is 0 Å². The van der Waals surface area contributed by atoms with Crippen LogP contribution in [0.2, 0.25) is 0 Å². The molecule has 2 bridgehead atoms. The summed E-state index contributed by atoms with van der Waals surface area (Å²) in [7, 11) is 0. The molecule has 1 fully saturated rings. The molecular weight excluding hydrogens is 208 g/mol. The topological polar surface area (TPSA) is 9.23 Å². The van der Waals surface area contributed by atoms with Crippen LogP contribution in [0.1, 0.15) is 18.4 Å². The van der Waals surface area contributed by atoms with Crippen LogP contribution >= 0.6 is 0 Å². The number of benzene rings is 1. The van der Waals surface area contributed by atoms with Crippen molar-refractivity contribution in [3.05, 3.63) is 60.7 Å². The summed E-state index contributed by atoms with van der Waals surface area (Å²) >= 11 is 0. The van der Waals surface area contributed by atoms with Crippen molar-refractivity contribution in [3.63, 3.8) is 0 Å². The molecule has 0 N–H and O–H groups in total. The van der Waals surface area contributed by atoms with Gasteiger partial charge in [0.15, 0.2) is 0 Å². The van der Waals surface area contributed by atoms with E-state index in [-0.39, 0.29) is 5.60 Å². The zero-order valence-electron chi connectivity index (χ0n) is 10.0. The maximum absolute atomic E-state index is 6.23. The Labute approximate surface area is 103 Å². The lowest BCUT2D eigenvalue weighted by atomic mass is 9.83. The van der Waals surface area contributed by atoms with Gasteiger partial charge in [-0.1, -0.05) is 48.6 Å². The van der Waals surface area contributed by atoms with E-state index in [1.807, 2.05) is 6.08 Å². The van der Waals surface area contributed by atoms with Gasteiger partial charge in [0.2, 0.25) is 0 Å². The van der Waals surface area contributed by atoms with Gasteiger partial charge in [-0.15, -0.1) is 6.58 Å². The molecule has 2 aliphatic rings. The maximum Gasteiger partial charge on any atom is 0.106 e. The third-order valence-electron chi connectivity index (χ3n) is 4.13. The van der Waals surface area contributed by atoms with E-state index in [1.165, 1.54) is 18.4 Å². The third kappa shape index (κ3) is 1.49. The highest BCUT2D eigenvalue weighted by Crippen LogP contribution is 2.55. The first-order chi connectivity index (χ1) is 8.38. The molecule has 0 heterocycles.